The van der Waals surface area contributed by atoms with Crippen molar-refractivity contribution in [1.82, 2.24) is 4.98 Å². The van der Waals surface area contributed by atoms with E-state index < -0.39 is 0 Å². The third-order valence-electron chi connectivity index (χ3n) is 2.19. The van der Waals surface area contributed by atoms with Crippen LogP contribution in [0.2, 0.25) is 0 Å². The number of hydrogen-bond acceptors (Lipinski definition) is 2. The molecule has 0 unspecified atom stereocenters. The number of rotatable bonds is 7. The molecule has 0 aliphatic heterocycles. The van der Waals surface area contributed by atoms with Gasteiger partial charge >= 0.3 is 0 Å². The Kier molecular flexibility index (Phi) is 6.17. The number of unbranched alkanes of at least 4 members (excludes halogenated alkanes) is 3. The minimum Gasteiger partial charge on any atom is -0.493 e. The molecule has 0 saturated carbocycles. The van der Waals surface area contributed by atoms with Crippen LogP contribution in [0.25, 0.3) is 0 Å². The van der Waals surface area contributed by atoms with Gasteiger partial charge in [0.25, 0.3) is 0 Å². The van der Waals surface area contributed by atoms with Crippen LogP contribution in [0, 0.1) is 0 Å². The fourth-order valence-electron chi connectivity index (χ4n) is 1.34. The molecule has 0 N–H and O–H groups in total. The van der Waals surface area contributed by atoms with Crippen molar-refractivity contribution < 1.29 is 4.74 Å². The number of halogens is 1. The molecule has 0 fully saturated rings. The van der Waals surface area contributed by atoms with Crippen LogP contribution < -0.4 is 4.74 Å². The molecule has 0 amide bonds. The first-order valence-corrected chi connectivity index (χ1v) is 6.04. The number of pyridine rings is 1. The molecule has 1 heterocycles. The highest BCUT2D eigenvalue weighted by Crippen LogP contribution is 2.13. The van der Waals surface area contributed by atoms with Crippen molar-refractivity contribution in [2.45, 2.75) is 38.5 Å². The average Bonchev–Trinajstić information content (AvgIpc) is 2.29. The van der Waals surface area contributed by atoms with Crippen LogP contribution in [0.3, 0.4) is 0 Å². The van der Waals surface area contributed by atoms with Crippen molar-refractivity contribution in [3.8, 4) is 5.75 Å². The maximum atomic E-state index is 5.68. The summed E-state index contributed by atoms with van der Waals surface area (Å²) in [5, 5.41) is 0. The summed E-state index contributed by atoms with van der Waals surface area (Å²) in [4.78, 5) is 4.10. The molecule has 84 valence electrons. The summed E-state index contributed by atoms with van der Waals surface area (Å²) < 4.78 is 5.60. The van der Waals surface area contributed by atoms with E-state index in [1.807, 2.05) is 12.1 Å². The Hall–Kier alpha value is -0.760. The van der Waals surface area contributed by atoms with Crippen molar-refractivity contribution in [3.05, 3.63) is 24.0 Å². The van der Waals surface area contributed by atoms with Gasteiger partial charge in [-0.1, -0.05) is 26.2 Å². The number of nitrogens with zero attached hydrogens (tertiary/aromatic N) is 1. The van der Waals surface area contributed by atoms with Gasteiger partial charge in [0.05, 0.1) is 18.2 Å². The molecule has 0 aliphatic carbocycles. The summed E-state index contributed by atoms with van der Waals surface area (Å²) in [6.07, 6.45) is 6.63. The Bertz CT molecular complexity index is 278. The van der Waals surface area contributed by atoms with Gasteiger partial charge in [0.15, 0.2) is 0 Å². The van der Waals surface area contributed by atoms with Crippen LogP contribution in [0.5, 0.6) is 5.75 Å². The Morgan fingerprint density at radius 3 is 2.93 bits per heavy atom. The molecular weight excluding hydrogens is 210 g/mol. The normalized spacial score (nSPS) is 10.3. The summed E-state index contributed by atoms with van der Waals surface area (Å²) in [6.45, 7) is 2.99. The Morgan fingerprint density at radius 2 is 2.20 bits per heavy atom. The predicted octanol–water partition coefficient (Wildman–Crippen LogP) is 3.78. The van der Waals surface area contributed by atoms with Gasteiger partial charge in [-0.25, -0.2) is 0 Å². The smallest absolute Gasteiger partial charge is 0.122 e. The van der Waals surface area contributed by atoms with E-state index in [4.69, 9.17) is 16.3 Å². The van der Waals surface area contributed by atoms with Crippen molar-refractivity contribution in [3.63, 3.8) is 0 Å². The molecule has 0 aliphatic rings. The Labute approximate surface area is 96.6 Å². The van der Waals surface area contributed by atoms with Crippen LogP contribution in [0.1, 0.15) is 38.3 Å². The average molecular weight is 228 g/mol. The van der Waals surface area contributed by atoms with Crippen molar-refractivity contribution in [2.75, 3.05) is 6.61 Å². The van der Waals surface area contributed by atoms with Crippen molar-refractivity contribution in [2.24, 2.45) is 0 Å². The fourth-order valence-corrected chi connectivity index (χ4v) is 1.48. The van der Waals surface area contributed by atoms with Crippen molar-refractivity contribution in [1.29, 1.82) is 0 Å². The summed E-state index contributed by atoms with van der Waals surface area (Å²) in [7, 11) is 0. The Morgan fingerprint density at radius 1 is 1.33 bits per heavy atom. The lowest BCUT2D eigenvalue weighted by molar-refractivity contribution is 0.304. The molecule has 1 aromatic heterocycles. The quantitative estimate of drug-likeness (QED) is 0.523. The van der Waals surface area contributed by atoms with Gasteiger partial charge in [-0.3, -0.25) is 4.98 Å². The molecule has 0 atom stereocenters. The van der Waals surface area contributed by atoms with Crippen molar-refractivity contribution >= 4 is 11.6 Å². The van der Waals surface area contributed by atoms with Crippen LogP contribution in [0.15, 0.2) is 18.3 Å². The number of ether oxygens (including phenoxy) is 1. The van der Waals surface area contributed by atoms with E-state index in [0.717, 1.165) is 24.5 Å². The lowest BCUT2D eigenvalue weighted by atomic mass is 10.2. The van der Waals surface area contributed by atoms with E-state index in [2.05, 4.69) is 11.9 Å². The molecular formula is C12H18ClNO. The molecule has 0 spiro atoms. The molecule has 0 bridgehead atoms. The van der Waals surface area contributed by atoms with Gasteiger partial charge in [0, 0.05) is 12.3 Å². The molecule has 2 nitrogen and oxygen atoms in total. The zero-order chi connectivity index (χ0) is 10.9. The second-order valence-electron chi connectivity index (χ2n) is 3.53. The third kappa shape index (κ3) is 5.03. The molecule has 0 aromatic carbocycles. The molecule has 15 heavy (non-hydrogen) atoms. The van der Waals surface area contributed by atoms with Crippen LogP contribution in [-0.4, -0.2) is 11.6 Å². The van der Waals surface area contributed by atoms with Gasteiger partial charge in [-0.05, 0) is 12.5 Å². The summed E-state index contributed by atoms with van der Waals surface area (Å²) in [5.74, 6) is 1.31. The van der Waals surface area contributed by atoms with E-state index in [9.17, 15) is 0 Å². The van der Waals surface area contributed by atoms with Crippen LogP contribution >= 0.6 is 11.6 Å². The number of hydrogen-bond donors (Lipinski definition) is 0. The fraction of sp³-hybridized carbons (Fsp3) is 0.583. The molecule has 3 heteroatoms. The topological polar surface area (TPSA) is 22.1 Å². The highest BCUT2D eigenvalue weighted by Gasteiger charge is 1.96. The zero-order valence-electron chi connectivity index (χ0n) is 9.21. The molecule has 1 rings (SSSR count). The summed E-state index contributed by atoms with van der Waals surface area (Å²) in [6, 6.07) is 3.77. The van der Waals surface area contributed by atoms with Crippen LogP contribution in [-0.2, 0) is 5.88 Å². The monoisotopic (exact) mass is 227 g/mol. The highest BCUT2D eigenvalue weighted by atomic mass is 35.5. The first-order chi connectivity index (χ1) is 7.36. The number of aromatic nitrogens is 1. The zero-order valence-corrected chi connectivity index (χ0v) is 9.96. The van der Waals surface area contributed by atoms with E-state index in [1.165, 1.54) is 19.3 Å². The molecule has 0 saturated heterocycles. The molecule has 1 aromatic rings. The minimum atomic E-state index is 0.438. The van der Waals surface area contributed by atoms with Crippen LogP contribution in [0.4, 0.5) is 0 Å². The predicted molar refractivity (Wildman–Crippen MR) is 63.4 cm³/mol. The maximum Gasteiger partial charge on any atom is 0.122 e. The standard InChI is InChI=1S/C12H18ClNO/c1-2-3-4-5-8-15-12-6-7-14-11(9-12)10-13/h6-7,9H,2-5,8,10H2,1H3. The summed E-state index contributed by atoms with van der Waals surface area (Å²) >= 11 is 5.68. The van der Waals surface area contributed by atoms with Gasteiger partial charge in [-0.15, -0.1) is 11.6 Å². The van der Waals surface area contributed by atoms with Gasteiger partial charge in [0.2, 0.25) is 0 Å². The SMILES string of the molecule is CCCCCCOc1ccnc(CCl)c1. The first-order valence-electron chi connectivity index (χ1n) is 5.50. The van der Waals surface area contributed by atoms with Gasteiger partial charge in [-0.2, -0.15) is 0 Å². The van der Waals surface area contributed by atoms with E-state index >= 15 is 0 Å². The molecule has 0 radical (unpaired) electrons. The Balaban J connectivity index is 2.24. The van der Waals surface area contributed by atoms with E-state index in [-0.39, 0.29) is 0 Å². The van der Waals surface area contributed by atoms with E-state index in [0.29, 0.717) is 5.88 Å². The second-order valence-corrected chi connectivity index (χ2v) is 3.79. The maximum absolute atomic E-state index is 5.68. The lowest BCUT2D eigenvalue weighted by Crippen LogP contribution is -1.98. The first kappa shape index (κ1) is 12.3. The number of alkyl halides is 1. The largest absolute Gasteiger partial charge is 0.493 e. The third-order valence-corrected chi connectivity index (χ3v) is 2.47. The second kappa shape index (κ2) is 7.52. The van der Waals surface area contributed by atoms with Gasteiger partial charge < -0.3 is 4.74 Å². The highest BCUT2D eigenvalue weighted by molar-refractivity contribution is 6.16. The summed E-state index contributed by atoms with van der Waals surface area (Å²) in [5.41, 5.74) is 0.864. The van der Waals surface area contributed by atoms with Gasteiger partial charge in [0.1, 0.15) is 5.75 Å². The lowest BCUT2D eigenvalue weighted by Gasteiger charge is -2.06. The minimum absolute atomic E-state index is 0.438. The van der Waals surface area contributed by atoms with E-state index in [1.54, 1.807) is 6.20 Å².